The van der Waals surface area contributed by atoms with Crippen LogP contribution in [0.5, 0.6) is 0 Å². The standard InChI is InChI=1S/C17H21Cl2N5O/c1-11-9-15(23-17(21-11)20-7-4-8-24(2)3)16(25)22-12-5-6-13(18)14(19)10-12/h5-6,9-10H,4,7-8H2,1-3H3,(H,22,25)(H,20,21,23). The average molecular weight is 382 g/mol. The molecule has 2 rings (SSSR count). The van der Waals surface area contributed by atoms with Crippen molar-refractivity contribution in [1.82, 2.24) is 14.9 Å². The molecule has 6 nitrogen and oxygen atoms in total. The topological polar surface area (TPSA) is 70.2 Å². The van der Waals surface area contributed by atoms with Crippen molar-refractivity contribution in [3.8, 4) is 0 Å². The summed E-state index contributed by atoms with van der Waals surface area (Å²) in [5.74, 6) is 0.110. The number of benzene rings is 1. The van der Waals surface area contributed by atoms with E-state index in [-0.39, 0.29) is 11.6 Å². The molecule has 0 bridgehead atoms. The molecule has 0 atom stereocenters. The Bertz CT molecular complexity index is 752. The van der Waals surface area contributed by atoms with Gasteiger partial charge in [0.15, 0.2) is 0 Å². The second-order valence-electron chi connectivity index (χ2n) is 5.88. The van der Waals surface area contributed by atoms with Gasteiger partial charge in [0, 0.05) is 17.9 Å². The minimum absolute atomic E-state index is 0.286. The van der Waals surface area contributed by atoms with Gasteiger partial charge in [-0.25, -0.2) is 9.97 Å². The lowest BCUT2D eigenvalue weighted by Crippen LogP contribution is -2.19. The van der Waals surface area contributed by atoms with E-state index in [4.69, 9.17) is 23.2 Å². The zero-order valence-corrected chi connectivity index (χ0v) is 15.9. The maximum atomic E-state index is 12.4. The monoisotopic (exact) mass is 381 g/mol. The molecule has 0 aliphatic heterocycles. The van der Waals surface area contributed by atoms with Crippen molar-refractivity contribution in [2.45, 2.75) is 13.3 Å². The zero-order chi connectivity index (χ0) is 18.4. The Hall–Kier alpha value is -1.89. The molecular formula is C17H21Cl2N5O. The Balaban J connectivity index is 2.04. The van der Waals surface area contributed by atoms with Crippen LogP contribution in [0.15, 0.2) is 24.3 Å². The van der Waals surface area contributed by atoms with Crippen molar-refractivity contribution < 1.29 is 4.79 Å². The number of nitrogens with zero attached hydrogens (tertiary/aromatic N) is 3. The van der Waals surface area contributed by atoms with Crippen LogP contribution in [0.4, 0.5) is 11.6 Å². The highest BCUT2D eigenvalue weighted by atomic mass is 35.5. The van der Waals surface area contributed by atoms with E-state index in [1.165, 1.54) is 0 Å². The number of hydrogen-bond acceptors (Lipinski definition) is 5. The van der Waals surface area contributed by atoms with E-state index < -0.39 is 0 Å². The summed E-state index contributed by atoms with van der Waals surface area (Å²) >= 11 is 11.8. The van der Waals surface area contributed by atoms with Crippen molar-refractivity contribution in [2.24, 2.45) is 0 Å². The Morgan fingerprint density at radius 1 is 1.16 bits per heavy atom. The van der Waals surface area contributed by atoms with Crippen molar-refractivity contribution in [2.75, 3.05) is 37.8 Å². The molecule has 0 unspecified atom stereocenters. The molecule has 134 valence electrons. The lowest BCUT2D eigenvalue weighted by Gasteiger charge is -2.11. The van der Waals surface area contributed by atoms with Crippen LogP contribution in [0.3, 0.4) is 0 Å². The summed E-state index contributed by atoms with van der Waals surface area (Å²) in [6.45, 7) is 3.52. The fourth-order valence-electron chi connectivity index (χ4n) is 2.13. The van der Waals surface area contributed by atoms with E-state index in [9.17, 15) is 4.79 Å². The number of hydrogen-bond donors (Lipinski definition) is 2. The lowest BCUT2D eigenvalue weighted by molar-refractivity contribution is 0.102. The molecule has 0 fully saturated rings. The molecule has 1 aromatic carbocycles. The van der Waals surface area contributed by atoms with Gasteiger partial charge in [0.1, 0.15) is 5.69 Å². The minimum atomic E-state index is -0.333. The van der Waals surface area contributed by atoms with Gasteiger partial charge in [-0.1, -0.05) is 23.2 Å². The number of aryl methyl sites for hydroxylation is 1. The summed E-state index contributed by atoms with van der Waals surface area (Å²) < 4.78 is 0. The summed E-state index contributed by atoms with van der Waals surface area (Å²) in [4.78, 5) is 23.1. The van der Waals surface area contributed by atoms with Gasteiger partial charge in [0.25, 0.3) is 5.91 Å². The molecule has 0 saturated carbocycles. The summed E-state index contributed by atoms with van der Waals surface area (Å²) in [7, 11) is 4.04. The highest BCUT2D eigenvalue weighted by molar-refractivity contribution is 6.42. The number of carbonyl (C=O) groups excluding carboxylic acids is 1. The first-order chi connectivity index (χ1) is 11.8. The molecule has 2 aromatic rings. The largest absolute Gasteiger partial charge is 0.354 e. The van der Waals surface area contributed by atoms with Crippen molar-refractivity contribution in [1.29, 1.82) is 0 Å². The van der Waals surface area contributed by atoms with E-state index in [1.807, 2.05) is 21.0 Å². The number of nitrogens with one attached hydrogen (secondary N) is 2. The first-order valence-electron chi connectivity index (χ1n) is 7.86. The molecular weight excluding hydrogens is 361 g/mol. The van der Waals surface area contributed by atoms with Crippen LogP contribution in [0.25, 0.3) is 0 Å². The average Bonchev–Trinajstić information content (AvgIpc) is 2.54. The fourth-order valence-corrected chi connectivity index (χ4v) is 2.43. The molecule has 2 N–H and O–H groups in total. The summed E-state index contributed by atoms with van der Waals surface area (Å²) in [6.07, 6.45) is 0.953. The number of amides is 1. The van der Waals surface area contributed by atoms with Crippen molar-refractivity contribution >= 4 is 40.7 Å². The molecule has 1 aromatic heterocycles. The smallest absolute Gasteiger partial charge is 0.274 e. The van der Waals surface area contributed by atoms with Gasteiger partial charge in [-0.2, -0.15) is 0 Å². The normalized spacial score (nSPS) is 10.8. The van der Waals surface area contributed by atoms with Crippen LogP contribution in [0.2, 0.25) is 10.0 Å². The van der Waals surface area contributed by atoms with Crippen LogP contribution in [0.1, 0.15) is 22.6 Å². The molecule has 0 radical (unpaired) electrons. The van der Waals surface area contributed by atoms with Gasteiger partial charge >= 0.3 is 0 Å². The second kappa shape index (κ2) is 8.99. The van der Waals surface area contributed by atoms with Gasteiger partial charge < -0.3 is 15.5 Å². The van der Waals surface area contributed by atoms with E-state index in [2.05, 4.69) is 25.5 Å². The zero-order valence-electron chi connectivity index (χ0n) is 14.4. The molecule has 8 heteroatoms. The first-order valence-corrected chi connectivity index (χ1v) is 8.61. The van der Waals surface area contributed by atoms with Crippen molar-refractivity contribution in [3.05, 3.63) is 45.7 Å². The SMILES string of the molecule is Cc1cc(C(=O)Nc2ccc(Cl)c(Cl)c2)nc(NCCCN(C)C)n1. The van der Waals surface area contributed by atoms with Gasteiger partial charge in [0.2, 0.25) is 5.95 Å². The Morgan fingerprint density at radius 2 is 1.92 bits per heavy atom. The quantitative estimate of drug-likeness (QED) is 0.715. The van der Waals surface area contributed by atoms with E-state index in [1.54, 1.807) is 24.3 Å². The molecule has 0 spiro atoms. The Kier molecular flexibility index (Phi) is 6.99. The molecule has 0 saturated heterocycles. The van der Waals surface area contributed by atoms with Crippen LogP contribution in [-0.2, 0) is 0 Å². The van der Waals surface area contributed by atoms with Gasteiger partial charge in [-0.3, -0.25) is 4.79 Å². The number of carbonyl (C=O) groups is 1. The minimum Gasteiger partial charge on any atom is -0.354 e. The molecule has 25 heavy (non-hydrogen) atoms. The first kappa shape index (κ1) is 19.4. The maximum Gasteiger partial charge on any atom is 0.274 e. The van der Waals surface area contributed by atoms with E-state index >= 15 is 0 Å². The number of halogens is 2. The molecule has 0 aliphatic carbocycles. The summed E-state index contributed by atoms with van der Waals surface area (Å²) in [5.41, 5.74) is 1.55. The summed E-state index contributed by atoms with van der Waals surface area (Å²) in [5, 5.41) is 6.71. The molecule has 1 amide bonds. The van der Waals surface area contributed by atoms with Crippen LogP contribution in [-0.4, -0.2) is 48.0 Å². The van der Waals surface area contributed by atoms with Gasteiger partial charge in [0.05, 0.1) is 10.0 Å². The van der Waals surface area contributed by atoms with Crippen LogP contribution < -0.4 is 10.6 Å². The molecule has 0 aliphatic rings. The Morgan fingerprint density at radius 3 is 2.60 bits per heavy atom. The van der Waals surface area contributed by atoms with Crippen molar-refractivity contribution in [3.63, 3.8) is 0 Å². The third kappa shape index (κ3) is 6.16. The highest BCUT2D eigenvalue weighted by Crippen LogP contribution is 2.25. The highest BCUT2D eigenvalue weighted by Gasteiger charge is 2.12. The Labute approximate surface area is 157 Å². The predicted octanol–water partition coefficient (Wildman–Crippen LogP) is 3.71. The molecule has 1 heterocycles. The lowest BCUT2D eigenvalue weighted by atomic mass is 10.3. The number of rotatable bonds is 7. The van der Waals surface area contributed by atoms with Gasteiger partial charge in [-0.15, -0.1) is 0 Å². The fraction of sp³-hybridized carbons (Fsp3) is 0.353. The third-order valence-corrected chi connectivity index (χ3v) is 4.07. The predicted molar refractivity (Wildman–Crippen MR) is 103 cm³/mol. The maximum absolute atomic E-state index is 12.4. The third-order valence-electron chi connectivity index (χ3n) is 3.33. The van der Waals surface area contributed by atoms with E-state index in [0.717, 1.165) is 19.5 Å². The van der Waals surface area contributed by atoms with Crippen LogP contribution >= 0.6 is 23.2 Å². The van der Waals surface area contributed by atoms with E-state index in [0.29, 0.717) is 27.4 Å². The number of anilines is 2. The summed E-state index contributed by atoms with van der Waals surface area (Å²) in [6, 6.07) is 6.54. The second-order valence-corrected chi connectivity index (χ2v) is 6.70. The van der Waals surface area contributed by atoms with Crippen LogP contribution in [0, 0.1) is 6.92 Å². The van der Waals surface area contributed by atoms with Gasteiger partial charge in [-0.05, 0) is 58.3 Å². The number of aromatic nitrogens is 2.